The maximum absolute atomic E-state index is 13.3. The summed E-state index contributed by atoms with van der Waals surface area (Å²) in [6, 6.07) is 9.10. The molecule has 32 heavy (non-hydrogen) atoms. The summed E-state index contributed by atoms with van der Waals surface area (Å²) in [5, 5.41) is 8.87. The molecule has 4 rings (SSSR count). The predicted molar refractivity (Wildman–Crippen MR) is 129 cm³/mol. The number of sulfonamides is 1. The molecule has 2 saturated heterocycles. The SMILES string of the molecule is CCOc1ccc(Br)cc1S(=O)(=O)N1CCN(c2ccc(N3CCC(C)CC3)nn2)CC1. The van der Waals surface area contributed by atoms with Crippen molar-refractivity contribution in [2.75, 3.05) is 55.7 Å². The number of hydrogen-bond acceptors (Lipinski definition) is 7. The van der Waals surface area contributed by atoms with Crippen LogP contribution in [0.3, 0.4) is 0 Å². The second-order valence-electron chi connectivity index (χ2n) is 8.33. The number of hydrogen-bond donors (Lipinski definition) is 0. The summed E-state index contributed by atoms with van der Waals surface area (Å²) in [5.41, 5.74) is 0. The Kier molecular flexibility index (Phi) is 7.21. The van der Waals surface area contributed by atoms with Gasteiger partial charge >= 0.3 is 0 Å². The van der Waals surface area contributed by atoms with Crippen LogP contribution < -0.4 is 14.5 Å². The molecule has 1 aromatic heterocycles. The molecular weight excluding hydrogens is 494 g/mol. The number of rotatable bonds is 6. The van der Waals surface area contributed by atoms with E-state index in [2.05, 4.69) is 42.9 Å². The third kappa shape index (κ3) is 5.02. The van der Waals surface area contributed by atoms with Gasteiger partial charge in [-0.1, -0.05) is 22.9 Å². The van der Waals surface area contributed by atoms with Crippen molar-refractivity contribution in [2.24, 2.45) is 5.92 Å². The van der Waals surface area contributed by atoms with Gasteiger partial charge in [0.15, 0.2) is 11.6 Å². The standard InChI is InChI=1S/C22H30BrN5O3S/c1-3-31-19-5-4-18(23)16-20(19)32(29,30)28-14-12-27(13-15-28)22-7-6-21(24-25-22)26-10-8-17(2)9-11-26/h4-7,16-17H,3,8-15H2,1-2H3. The first-order valence-corrected chi connectivity index (χ1v) is 13.4. The Balaban J connectivity index is 1.41. The zero-order valence-electron chi connectivity index (χ0n) is 18.6. The van der Waals surface area contributed by atoms with Crippen LogP contribution in [0.15, 0.2) is 39.7 Å². The Hall–Kier alpha value is -1.91. The smallest absolute Gasteiger partial charge is 0.246 e. The summed E-state index contributed by atoms with van der Waals surface area (Å²) in [6.45, 7) is 8.47. The molecule has 0 aliphatic carbocycles. The van der Waals surface area contributed by atoms with Gasteiger partial charge in [-0.05, 0) is 56.0 Å². The number of piperazine rings is 1. The molecule has 10 heteroatoms. The minimum absolute atomic E-state index is 0.196. The number of nitrogens with zero attached hydrogens (tertiary/aromatic N) is 5. The lowest BCUT2D eigenvalue weighted by molar-refractivity contribution is 0.327. The molecule has 0 amide bonds. The van der Waals surface area contributed by atoms with E-state index in [1.54, 1.807) is 18.2 Å². The van der Waals surface area contributed by atoms with Crippen LogP contribution in [-0.4, -0.2) is 68.8 Å². The average molecular weight is 524 g/mol. The number of ether oxygens (including phenoxy) is 1. The Labute approximate surface area is 198 Å². The predicted octanol–water partition coefficient (Wildman–Crippen LogP) is 3.39. The molecule has 0 spiro atoms. The van der Waals surface area contributed by atoms with Crippen LogP contribution in [0.1, 0.15) is 26.7 Å². The van der Waals surface area contributed by atoms with Gasteiger partial charge in [-0.3, -0.25) is 0 Å². The minimum Gasteiger partial charge on any atom is -0.492 e. The lowest BCUT2D eigenvalue weighted by Gasteiger charge is -2.35. The summed E-state index contributed by atoms with van der Waals surface area (Å²) >= 11 is 3.38. The van der Waals surface area contributed by atoms with Crippen LogP contribution >= 0.6 is 15.9 Å². The number of anilines is 2. The molecule has 0 radical (unpaired) electrons. The molecule has 2 fully saturated rings. The van der Waals surface area contributed by atoms with Gasteiger partial charge in [-0.15, -0.1) is 10.2 Å². The van der Waals surface area contributed by atoms with E-state index in [4.69, 9.17) is 4.74 Å². The third-order valence-electron chi connectivity index (χ3n) is 6.13. The molecule has 174 valence electrons. The van der Waals surface area contributed by atoms with E-state index in [1.807, 2.05) is 19.1 Å². The monoisotopic (exact) mass is 523 g/mol. The molecule has 0 N–H and O–H groups in total. The van der Waals surface area contributed by atoms with Crippen LogP contribution in [0.25, 0.3) is 0 Å². The summed E-state index contributed by atoms with van der Waals surface area (Å²) < 4.78 is 34.4. The van der Waals surface area contributed by atoms with Gasteiger partial charge in [0.05, 0.1) is 6.61 Å². The second kappa shape index (κ2) is 9.93. The maximum Gasteiger partial charge on any atom is 0.246 e. The first-order valence-electron chi connectivity index (χ1n) is 11.1. The molecule has 8 nitrogen and oxygen atoms in total. The molecule has 0 bridgehead atoms. The van der Waals surface area contributed by atoms with Crippen molar-refractivity contribution in [2.45, 2.75) is 31.6 Å². The molecule has 2 aliphatic rings. The fourth-order valence-electron chi connectivity index (χ4n) is 4.15. The van der Waals surface area contributed by atoms with Crippen LogP contribution in [0.5, 0.6) is 5.75 Å². The lowest BCUT2D eigenvalue weighted by Crippen LogP contribution is -2.49. The zero-order chi connectivity index (χ0) is 22.7. The third-order valence-corrected chi connectivity index (χ3v) is 8.54. The summed E-state index contributed by atoms with van der Waals surface area (Å²) in [5.74, 6) is 2.85. The highest BCUT2D eigenvalue weighted by Gasteiger charge is 2.31. The van der Waals surface area contributed by atoms with E-state index in [0.29, 0.717) is 43.0 Å². The number of benzene rings is 1. The Morgan fingerprint density at radius 1 is 0.969 bits per heavy atom. The van der Waals surface area contributed by atoms with Gasteiger partial charge in [0.2, 0.25) is 10.0 Å². The first kappa shape index (κ1) is 23.3. The quantitative estimate of drug-likeness (QED) is 0.574. The van der Waals surface area contributed by atoms with Crippen molar-refractivity contribution >= 4 is 37.6 Å². The van der Waals surface area contributed by atoms with Gasteiger partial charge in [0.25, 0.3) is 0 Å². The molecule has 0 atom stereocenters. The topological polar surface area (TPSA) is 78.9 Å². The van der Waals surface area contributed by atoms with Gasteiger partial charge in [-0.25, -0.2) is 8.42 Å². The maximum atomic E-state index is 13.3. The number of halogens is 1. The molecule has 0 unspecified atom stereocenters. The molecule has 2 aliphatic heterocycles. The first-order chi connectivity index (χ1) is 15.4. The highest BCUT2D eigenvalue weighted by molar-refractivity contribution is 9.10. The van der Waals surface area contributed by atoms with Gasteiger partial charge < -0.3 is 14.5 Å². The van der Waals surface area contributed by atoms with E-state index in [9.17, 15) is 8.42 Å². The van der Waals surface area contributed by atoms with Crippen molar-refractivity contribution in [3.05, 3.63) is 34.8 Å². The Morgan fingerprint density at radius 2 is 1.56 bits per heavy atom. The zero-order valence-corrected chi connectivity index (χ0v) is 21.0. The van der Waals surface area contributed by atoms with Crippen molar-refractivity contribution in [3.63, 3.8) is 0 Å². The van der Waals surface area contributed by atoms with Crippen LogP contribution in [-0.2, 0) is 10.0 Å². The second-order valence-corrected chi connectivity index (χ2v) is 11.2. The Bertz CT molecular complexity index is 1020. The molecule has 0 saturated carbocycles. The van der Waals surface area contributed by atoms with Gasteiger partial charge in [0.1, 0.15) is 10.6 Å². The fourth-order valence-corrected chi connectivity index (χ4v) is 6.24. The van der Waals surface area contributed by atoms with Gasteiger partial charge in [0, 0.05) is 43.7 Å². The molecule has 2 aromatic rings. The van der Waals surface area contributed by atoms with E-state index in [0.717, 1.165) is 30.6 Å². The Morgan fingerprint density at radius 3 is 2.12 bits per heavy atom. The van der Waals surface area contributed by atoms with E-state index in [-0.39, 0.29) is 4.90 Å². The molecule has 3 heterocycles. The van der Waals surface area contributed by atoms with E-state index >= 15 is 0 Å². The lowest BCUT2D eigenvalue weighted by atomic mass is 9.99. The average Bonchev–Trinajstić information content (AvgIpc) is 2.81. The van der Waals surface area contributed by atoms with Crippen LogP contribution in [0.2, 0.25) is 0 Å². The van der Waals surface area contributed by atoms with E-state index < -0.39 is 10.0 Å². The highest BCUT2D eigenvalue weighted by Crippen LogP contribution is 2.31. The normalized spacial score (nSPS) is 18.7. The van der Waals surface area contributed by atoms with Crippen LogP contribution in [0, 0.1) is 5.92 Å². The highest BCUT2D eigenvalue weighted by atomic mass is 79.9. The van der Waals surface area contributed by atoms with Crippen molar-refractivity contribution in [3.8, 4) is 5.75 Å². The van der Waals surface area contributed by atoms with Crippen molar-refractivity contribution in [1.82, 2.24) is 14.5 Å². The number of piperidine rings is 1. The molecular formula is C22H30BrN5O3S. The largest absolute Gasteiger partial charge is 0.492 e. The summed E-state index contributed by atoms with van der Waals surface area (Å²) in [7, 11) is -3.66. The van der Waals surface area contributed by atoms with Crippen LogP contribution in [0.4, 0.5) is 11.6 Å². The van der Waals surface area contributed by atoms with Gasteiger partial charge in [-0.2, -0.15) is 4.31 Å². The molecule has 1 aromatic carbocycles. The van der Waals surface area contributed by atoms with Crippen molar-refractivity contribution in [1.29, 1.82) is 0 Å². The van der Waals surface area contributed by atoms with Crippen molar-refractivity contribution < 1.29 is 13.2 Å². The summed E-state index contributed by atoms with van der Waals surface area (Å²) in [4.78, 5) is 4.57. The number of aromatic nitrogens is 2. The minimum atomic E-state index is -3.66. The van der Waals surface area contributed by atoms with E-state index in [1.165, 1.54) is 17.1 Å². The summed E-state index contributed by atoms with van der Waals surface area (Å²) in [6.07, 6.45) is 2.37. The fraction of sp³-hybridized carbons (Fsp3) is 0.545.